The molecule has 1 aromatic heterocycles. The van der Waals surface area contributed by atoms with E-state index >= 15 is 0 Å². The Balaban J connectivity index is 2.51. The maximum absolute atomic E-state index is 4.32. The van der Waals surface area contributed by atoms with Crippen LogP contribution in [0.5, 0.6) is 0 Å². The summed E-state index contributed by atoms with van der Waals surface area (Å²) in [6.45, 7) is 9.89. The molecule has 92 valence electrons. The number of aromatic nitrogens is 3. The van der Waals surface area contributed by atoms with Crippen LogP contribution >= 0.6 is 15.9 Å². The first-order chi connectivity index (χ1) is 7.45. The minimum atomic E-state index is 0.301. The zero-order valence-electron chi connectivity index (χ0n) is 10.7. The quantitative estimate of drug-likeness (QED) is 0.777. The second-order valence-electron chi connectivity index (χ2n) is 5.27. The van der Waals surface area contributed by atoms with Gasteiger partial charge >= 0.3 is 0 Å². The van der Waals surface area contributed by atoms with Gasteiger partial charge in [0.2, 0.25) is 0 Å². The molecule has 0 aliphatic carbocycles. The van der Waals surface area contributed by atoms with Gasteiger partial charge in [-0.2, -0.15) is 5.10 Å². The lowest BCUT2D eigenvalue weighted by molar-refractivity contribution is 0.382. The van der Waals surface area contributed by atoms with Gasteiger partial charge in [-0.25, -0.2) is 4.98 Å². The first-order valence-corrected chi connectivity index (χ1v) is 6.87. The molecule has 0 amide bonds. The van der Waals surface area contributed by atoms with E-state index in [4.69, 9.17) is 0 Å². The third-order valence-electron chi connectivity index (χ3n) is 2.69. The van der Waals surface area contributed by atoms with Crippen molar-refractivity contribution in [1.29, 1.82) is 0 Å². The van der Waals surface area contributed by atoms with Crippen LogP contribution < -0.4 is 0 Å². The predicted octanol–water partition coefficient (Wildman–Crippen LogP) is 3.43. The van der Waals surface area contributed by atoms with E-state index in [2.05, 4.69) is 53.7 Å². The average Bonchev–Trinajstić information content (AvgIpc) is 2.61. The number of hydrogen-bond donors (Lipinski definition) is 0. The summed E-state index contributed by atoms with van der Waals surface area (Å²) in [6, 6.07) is 0. The minimum absolute atomic E-state index is 0.301. The van der Waals surface area contributed by atoms with Gasteiger partial charge in [0.25, 0.3) is 0 Å². The Hall–Kier alpha value is -0.380. The molecule has 0 aromatic carbocycles. The molecule has 1 rings (SSSR count). The van der Waals surface area contributed by atoms with Crippen molar-refractivity contribution < 1.29 is 0 Å². The monoisotopic (exact) mass is 287 g/mol. The van der Waals surface area contributed by atoms with Crippen molar-refractivity contribution in [2.45, 2.75) is 58.3 Å². The topological polar surface area (TPSA) is 30.7 Å². The fourth-order valence-electron chi connectivity index (χ4n) is 1.57. The summed E-state index contributed by atoms with van der Waals surface area (Å²) in [7, 11) is 0. The van der Waals surface area contributed by atoms with Gasteiger partial charge in [0.1, 0.15) is 12.2 Å². The first-order valence-electron chi connectivity index (χ1n) is 5.96. The Labute approximate surface area is 107 Å². The van der Waals surface area contributed by atoms with E-state index in [9.17, 15) is 0 Å². The molecular formula is C12H22BrN3. The summed E-state index contributed by atoms with van der Waals surface area (Å²) < 4.78 is 2.02. The molecule has 1 aromatic rings. The molecule has 16 heavy (non-hydrogen) atoms. The van der Waals surface area contributed by atoms with Crippen LogP contribution in [-0.2, 0) is 13.0 Å². The molecule has 0 saturated carbocycles. The Bertz CT molecular complexity index is 314. The van der Waals surface area contributed by atoms with Crippen LogP contribution in [0.15, 0.2) is 6.33 Å². The number of rotatable bonds is 5. The van der Waals surface area contributed by atoms with Crippen molar-refractivity contribution >= 4 is 15.9 Å². The molecule has 1 unspecified atom stereocenters. The normalized spacial score (nSPS) is 14.1. The zero-order chi connectivity index (χ0) is 12.2. The van der Waals surface area contributed by atoms with Crippen molar-refractivity contribution in [2.75, 3.05) is 0 Å². The highest BCUT2D eigenvalue weighted by molar-refractivity contribution is 9.09. The highest BCUT2D eigenvalue weighted by Gasteiger charge is 2.21. The maximum Gasteiger partial charge on any atom is 0.138 e. The SMILES string of the molecule is CCCn1ncnc1CCC(Br)C(C)(C)C. The molecule has 0 spiro atoms. The van der Waals surface area contributed by atoms with Gasteiger partial charge < -0.3 is 0 Å². The number of aryl methyl sites for hydroxylation is 2. The summed E-state index contributed by atoms with van der Waals surface area (Å²) in [5, 5.41) is 4.24. The van der Waals surface area contributed by atoms with Gasteiger partial charge in [0.05, 0.1) is 0 Å². The van der Waals surface area contributed by atoms with E-state index in [1.807, 2.05) is 4.68 Å². The van der Waals surface area contributed by atoms with Gasteiger partial charge in [0.15, 0.2) is 0 Å². The van der Waals surface area contributed by atoms with Gasteiger partial charge in [0, 0.05) is 17.8 Å². The van der Waals surface area contributed by atoms with E-state index in [1.54, 1.807) is 6.33 Å². The second kappa shape index (κ2) is 5.80. The summed E-state index contributed by atoms with van der Waals surface area (Å²) in [6.07, 6.45) is 4.86. The van der Waals surface area contributed by atoms with Crippen LogP contribution in [0.1, 0.15) is 46.4 Å². The van der Waals surface area contributed by atoms with E-state index in [-0.39, 0.29) is 0 Å². The lowest BCUT2D eigenvalue weighted by atomic mass is 9.89. The van der Waals surface area contributed by atoms with Gasteiger partial charge in [-0.3, -0.25) is 4.68 Å². The Morgan fingerprint density at radius 3 is 2.69 bits per heavy atom. The van der Waals surface area contributed by atoms with Crippen molar-refractivity contribution in [3.8, 4) is 0 Å². The molecule has 0 aliphatic rings. The van der Waals surface area contributed by atoms with Gasteiger partial charge in [-0.15, -0.1) is 0 Å². The van der Waals surface area contributed by atoms with Crippen molar-refractivity contribution in [3.05, 3.63) is 12.2 Å². The minimum Gasteiger partial charge on any atom is -0.250 e. The second-order valence-corrected chi connectivity index (χ2v) is 6.38. The highest BCUT2D eigenvalue weighted by Crippen LogP contribution is 2.29. The van der Waals surface area contributed by atoms with E-state index in [0.29, 0.717) is 10.2 Å². The molecule has 3 nitrogen and oxygen atoms in total. The molecule has 0 bridgehead atoms. The third kappa shape index (κ3) is 3.89. The maximum atomic E-state index is 4.32. The molecule has 0 aliphatic heterocycles. The van der Waals surface area contributed by atoms with Crippen LogP contribution in [-0.4, -0.2) is 19.6 Å². The highest BCUT2D eigenvalue weighted by atomic mass is 79.9. The molecule has 1 heterocycles. The number of halogens is 1. The van der Waals surface area contributed by atoms with Crippen LogP contribution in [0.2, 0.25) is 0 Å². The summed E-state index contributed by atoms with van der Waals surface area (Å²) in [5.41, 5.74) is 0.301. The fourth-order valence-corrected chi connectivity index (χ4v) is 1.80. The van der Waals surface area contributed by atoms with Crippen molar-refractivity contribution in [2.24, 2.45) is 5.41 Å². The smallest absolute Gasteiger partial charge is 0.138 e. The van der Waals surface area contributed by atoms with Gasteiger partial charge in [-0.05, 0) is 18.3 Å². The Morgan fingerprint density at radius 1 is 1.44 bits per heavy atom. The lowest BCUT2D eigenvalue weighted by Crippen LogP contribution is -2.21. The van der Waals surface area contributed by atoms with Crippen molar-refractivity contribution in [3.63, 3.8) is 0 Å². The van der Waals surface area contributed by atoms with E-state index in [1.165, 1.54) is 0 Å². The molecule has 0 radical (unpaired) electrons. The van der Waals surface area contributed by atoms with E-state index < -0.39 is 0 Å². The van der Waals surface area contributed by atoms with Gasteiger partial charge in [-0.1, -0.05) is 43.6 Å². The average molecular weight is 288 g/mol. The summed E-state index contributed by atoms with van der Waals surface area (Å²) in [5.74, 6) is 1.11. The van der Waals surface area contributed by atoms with E-state index in [0.717, 1.165) is 31.6 Å². The largest absolute Gasteiger partial charge is 0.250 e. The molecule has 4 heteroatoms. The standard InChI is InChI=1S/C12H22BrN3/c1-5-8-16-11(14-9-15-16)7-6-10(13)12(2,3)4/h9-10H,5-8H2,1-4H3. The summed E-state index contributed by atoms with van der Waals surface area (Å²) in [4.78, 5) is 4.84. The number of nitrogens with zero attached hydrogens (tertiary/aromatic N) is 3. The summed E-state index contributed by atoms with van der Waals surface area (Å²) >= 11 is 3.75. The van der Waals surface area contributed by atoms with Crippen LogP contribution in [0.4, 0.5) is 0 Å². The Morgan fingerprint density at radius 2 is 2.12 bits per heavy atom. The van der Waals surface area contributed by atoms with Crippen LogP contribution in [0, 0.1) is 5.41 Å². The van der Waals surface area contributed by atoms with Crippen molar-refractivity contribution in [1.82, 2.24) is 14.8 Å². The third-order valence-corrected chi connectivity index (χ3v) is 4.52. The molecule has 0 saturated heterocycles. The molecule has 0 fully saturated rings. The Kier molecular flexibility index (Phi) is 4.96. The first kappa shape index (κ1) is 13.7. The molecule has 0 N–H and O–H groups in total. The zero-order valence-corrected chi connectivity index (χ0v) is 12.3. The van der Waals surface area contributed by atoms with Crippen LogP contribution in [0.25, 0.3) is 0 Å². The molecule has 1 atom stereocenters. The number of alkyl halides is 1. The predicted molar refractivity (Wildman–Crippen MR) is 70.8 cm³/mol. The fraction of sp³-hybridized carbons (Fsp3) is 0.833. The lowest BCUT2D eigenvalue weighted by Gasteiger charge is -2.25. The number of hydrogen-bond acceptors (Lipinski definition) is 2. The van der Waals surface area contributed by atoms with Crippen LogP contribution in [0.3, 0.4) is 0 Å². The molecular weight excluding hydrogens is 266 g/mol.